The molecule has 0 aliphatic rings. The van der Waals surface area contributed by atoms with Crippen LogP contribution in [-0.4, -0.2) is 11.1 Å². The molecule has 0 aromatic heterocycles. The summed E-state index contributed by atoms with van der Waals surface area (Å²) in [5, 5.41) is 8.84. The second-order valence-corrected chi connectivity index (χ2v) is 5.51. The van der Waals surface area contributed by atoms with Crippen molar-refractivity contribution in [3.05, 3.63) is 63.1 Å². The molecule has 3 nitrogen and oxygen atoms in total. The number of benzene rings is 2. The van der Waals surface area contributed by atoms with E-state index in [0.29, 0.717) is 6.61 Å². The fourth-order valence-corrected chi connectivity index (χ4v) is 2.27. The van der Waals surface area contributed by atoms with Gasteiger partial charge in [0.15, 0.2) is 0 Å². The fraction of sp³-hybridized carbons (Fsp3) is 0.188. The Kier molecular flexibility index (Phi) is 4.45. The largest absolute Gasteiger partial charge is 0.489 e. The van der Waals surface area contributed by atoms with Crippen LogP contribution >= 0.6 is 15.9 Å². The Labute approximate surface area is 126 Å². The lowest BCUT2D eigenvalue weighted by Gasteiger charge is -2.11. The van der Waals surface area contributed by atoms with Crippen molar-refractivity contribution in [1.29, 1.82) is 0 Å². The third-order valence-corrected chi connectivity index (χ3v) is 3.91. The predicted molar refractivity (Wildman–Crippen MR) is 81.3 cm³/mol. The zero-order valence-electron chi connectivity index (χ0n) is 11.3. The highest BCUT2D eigenvalue weighted by atomic mass is 79.9. The molecule has 0 atom stereocenters. The highest BCUT2D eigenvalue weighted by Gasteiger charge is 2.05. The number of hydrogen-bond donors (Lipinski definition) is 1. The average Bonchev–Trinajstić information content (AvgIpc) is 2.42. The maximum absolute atomic E-state index is 10.8. The number of rotatable bonds is 4. The first-order valence-corrected chi connectivity index (χ1v) is 6.98. The minimum Gasteiger partial charge on any atom is -0.489 e. The van der Waals surface area contributed by atoms with Gasteiger partial charge in [-0.05, 0) is 54.8 Å². The smallest absolute Gasteiger partial charge is 0.335 e. The van der Waals surface area contributed by atoms with Gasteiger partial charge in [-0.1, -0.05) is 28.1 Å². The summed E-state index contributed by atoms with van der Waals surface area (Å²) in [5.74, 6) is -0.0788. The van der Waals surface area contributed by atoms with E-state index < -0.39 is 5.97 Å². The van der Waals surface area contributed by atoms with Gasteiger partial charge in [-0.15, -0.1) is 0 Å². The molecule has 0 heterocycles. The number of aryl methyl sites for hydroxylation is 2. The number of ether oxygens (including phenoxy) is 1. The Morgan fingerprint density at radius 1 is 1.15 bits per heavy atom. The molecule has 0 saturated carbocycles. The number of halogens is 1. The van der Waals surface area contributed by atoms with Crippen LogP contribution in [0.5, 0.6) is 5.75 Å². The van der Waals surface area contributed by atoms with Crippen molar-refractivity contribution >= 4 is 21.9 Å². The van der Waals surface area contributed by atoms with Crippen LogP contribution in [0, 0.1) is 13.8 Å². The summed E-state index contributed by atoms with van der Waals surface area (Å²) >= 11 is 3.49. The zero-order valence-corrected chi connectivity index (χ0v) is 12.9. The van der Waals surface area contributed by atoms with E-state index in [4.69, 9.17) is 9.84 Å². The average molecular weight is 335 g/mol. The molecule has 0 aliphatic carbocycles. The van der Waals surface area contributed by atoms with Crippen molar-refractivity contribution in [2.24, 2.45) is 0 Å². The summed E-state index contributed by atoms with van der Waals surface area (Å²) in [6.07, 6.45) is 0. The molecule has 0 bridgehead atoms. The molecule has 104 valence electrons. The Morgan fingerprint density at radius 2 is 1.80 bits per heavy atom. The summed E-state index contributed by atoms with van der Waals surface area (Å²) in [4.78, 5) is 10.8. The normalized spacial score (nSPS) is 10.3. The van der Waals surface area contributed by atoms with Crippen molar-refractivity contribution in [2.45, 2.75) is 20.5 Å². The summed E-state index contributed by atoms with van der Waals surface area (Å²) in [6, 6.07) is 10.7. The minimum atomic E-state index is -0.920. The van der Waals surface area contributed by atoms with E-state index in [1.165, 1.54) is 0 Å². The van der Waals surface area contributed by atoms with E-state index in [-0.39, 0.29) is 5.56 Å². The second kappa shape index (κ2) is 6.09. The molecule has 0 aliphatic heterocycles. The lowest BCUT2D eigenvalue weighted by atomic mass is 10.1. The van der Waals surface area contributed by atoms with Crippen LogP contribution in [0.4, 0.5) is 0 Å². The summed E-state index contributed by atoms with van der Waals surface area (Å²) in [5.41, 5.74) is 3.40. The molecule has 2 aromatic rings. The van der Waals surface area contributed by atoms with Crippen LogP contribution in [-0.2, 0) is 6.61 Å². The van der Waals surface area contributed by atoms with Gasteiger partial charge in [0.1, 0.15) is 12.4 Å². The topological polar surface area (TPSA) is 46.5 Å². The van der Waals surface area contributed by atoms with Crippen LogP contribution < -0.4 is 4.74 Å². The van der Waals surface area contributed by atoms with Crippen molar-refractivity contribution < 1.29 is 14.6 Å². The van der Waals surface area contributed by atoms with Crippen LogP contribution in [0.15, 0.2) is 40.9 Å². The van der Waals surface area contributed by atoms with E-state index in [9.17, 15) is 4.79 Å². The van der Waals surface area contributed by atoms with Gasteiger partial charge in [0.25, 0.3) is 0 Å². The Balaban J connectivity index is 2.09. The SMILES string of the molecule is Cc1cc(OCc2ccc(C(=O)O)cc2)c(C)cc1Br. The maximum Gasteiger partial charge on any atom is 0.335 e. The van der Waals surface area contributed by atoms with Gasteiger partial charge in [0.2, 0.25) is 0 Å². The number of carboxylic acids is 1. The molecule has 0 fully saturated rings. The molecule has 0 saturated heterocycles. The molecule has 2 rings (SSSR count). The monoisotopic (exact) mass is 334 g/mol. The van der Waals surface area contributed by atoms with Crippen LogP contribution in [0.3, 0.4) is 0 Å². The molecular formula is C16H15BrO3. The molecule has 0 spiro atoms. The quantitative estimate of drug-likeness (QED) is 0.904. The van der Waals surface area contributed by atoms with Gasteiger partial charge >= 0.3 is 5.97 Å². The predicted octanol–water partition coefficient (Wildman–Crippen LogP) is 4.34. The van der Waals surface area contributed by atoms with E-state index in [1.807, 2.05) is 26.0 Å². The first-order chi connectivity index (χ1) is 9.47. The Hall–Kier alpha value is -1.81. The molecule has 20 heavy (non-hydrogen) atoms. The van der Waals surface area contributed by atoms with Crippen LogP contribution in [0.2, 0.25) is 0 Å². The lowest BCUT2D eigenvalue weighted by molar-refractivity contribution is 0.0697. The molecule has 2 aromatic carbocycles. The highest BCUT2D eigenvalue weighted by Crippen LogP contribution is 2.27. The number of carboxylic acid groups (broad SMARTS) is 1. The maximum atomic E-state index is 10.8. The Morgan fingerprint density at radius 3 is 2.40 bits per heavy atom. The van der Waals surface area contributed by atoms with Gasteiger partial charge in [-0.25, -0.2) is 4.79 Å². The highest BCUT2D eigenvalue weighted by molar-refractivity contribution is 9.10. The fourth-order valence-electron chi connectivity index (χ4n) is 1.81. The standard InChI is InChI=1S/C16H15BrO3/c1-10-8-15(11(2)7-14(10)17)20-9-12-3-5-13(6-4-12)16(18)19/h3-8H,9H2,1-2H3,(H,18,19). The van der Waals surface area contributed by atoms with Gasteiger partial charge in [-0.3, -0.25) is 0 Å². The van der Waals surface area contributed by atoms with Gasteiger partial charge < -0.3 is 9.84 Å². The van der Waals surface area contributed by atoms with Crippen LogP contribution in [0.1, 0.15) is 27.0 Å². The molecule has 4 heteroatoms. The third kappa shape index (κ3) is 3.39. The van der Waals surface area contributed by atoms with Crippen molar-refractivity contribution in [3.63, 3.8) is 0 Å². The molecule has 0 amide bonds. The molecule has 1 N–H and O–H groups in total. The van der Waals surface area contributed by atoms with Gasteiger partial charge in [0.05, 0.1) is 5.56 Å². The van der Waals surface area contributed by atoms with E-state index in [1.54, 1.807) is 24.3 Å². The first-order valence-electron chi connectivity index (χ1n) is 6.19. The third-order valence-electron chi connectivity index (χ3n) is 3.05. The number of aromatic carboxylic acids is 1. The van der Waals surface area contributed by atoms with Crippen molar-refractivity contribution in [1.82, 2.24) is 0 Å². The molecule has 0 radical (unpaired) electrons. The summed E-state index contributed by atoms with van der Waals surface area (Å²) in [7, 11) is 0. The molecular weight excluding hydrogens is 320 g/mol. The zero-order chi connectivity index (χ0) is 14.7. The summed E-state index contributed by atoms with van der Waals surface area (Å²) in [6.45, 7) is 4.42. The lowest BCUT2D eigenvalue weighted by Crippen LogP contribution is -2.00. The number of hydrogen-bond acceptors (Lipinski definition) is 2. The molecule has 0 unspecified atom stereocenters. The number of carbonyl (C=O) groups is 1. The van der Waals surface area contributed by atoms with Gasteiger partial charge in [0, 0.05) is 4.47 Å². The van der Waals surface area contributed by atoms with E-state index >= 15 is 0 Å². The van der Waals surface area contributed by atoms with E-state index in [0.717, 1.165) is 26.9 Å². The summed E-state index contributed by atoms with van der Waals surface area (Å²) < 4.78 is 6.85. The Bertz CT molecular complexity index is 633. The van der Waals surface area contributed by atoms with Crippen molar-refractivity contribution in [2.75, 3.05) is 0 Å². The van der Waals surface area contributed by atoms with Gasteiger partial charge in [-0.2, -0.15) is 0 Å². The second-order valence-electron chi connectivity index (χ2n) is 4.66. The minimum absolute atomic E-state index is 0.282. The van der Waals surface area contributed by atoms with E-state index in [2.05, 4.69) is 15.9 Å². The van der Waals surface area contributed by atoms with Crippen molar-refractivity contribution in [3.8, 4) is 5.75 Å². The van der Waals surface area contributed by atoms with Crippen LogP contribution in [0.25, 0.3) is 0 Å². The first kappa shape index (κ1) is 14.6.